The van der Waals surface area contributed by atoms with E-state index in [1.165, 1.54) is 35.7 Å². The van der Waals surface area contributed by atoms with Gasteiger partial charge in [-0.2, -0.15) is 4.31 Å². The van der Waals surface area contributed by atoms with Crippen LogP contribution in [0, 0.1) is 5.92 Å². The quantitative estimate of drug-likeness (QED) is 0.519. The van der Waals surface area contributed by atoms with Crippen LogP contribution >= 0.6 is 0 Å². The van der Waals surface area contributed by atoms with Crippen molar-refractivity contribution in [2.75, 3.05) is 32.1 Å². The molecular weight excluding hydrogens is 448 g/mol. The van der Waals surface area contributed by atoms with Gasteiger partial charge in [0.15, 0.2) is 0 Å². The lowest BCUT2D eigenvalue weighted by molar-refractivity contribution is -0.121. The fourth-order valence-electron chi connectivity index (χ4n) is 3.47. The molecular formula is C22H26N4O6S. The minimum absolute atomic E-state index is 0.186. The average molecular weight is 475 g/mol. The Morgan fingerprint density at radius 2 is 1.64 bits per heavy atom. The molecule has 1 saturated heterocycles. The molecule has 1 heterocycles. The van der Waals surface area contributed by atoms with Crippen LogP contribution in [0.5, 0.6) is 5.75 Å². The molecule has 176 valence electrons. The number of carbonyl (C=O) groups is 3. The summed E-state index contributed by atoms with van der Waals surface area (Å²) in [5.41, 5.74) is 5.84. The summed E-state index contributed by atoms with van der Waals surface area (Å²) in [4.78, 5) is 35.5. The second-order valence-electron chi connectivity index (χ2n) is 7.57. The van der Waals surface area contributed by atoms with E-state index >= 15 is 0 Å². The maximum Gasteiger partial charge on any atom is 0.251 e. The van der Waals surface area contributed by atoms with Crippen LogP contribution in [0.25, 0.3) is 0 Å². The number of ether oxygens (including phenoxy) is 1. The van der Waals surface area contributed by atoms with E-state index in [4.69, 9.17) is 10.5 Å². The zero-order chi connectivity index (χ0) is 24.0. The number of rotatable bonds is 8. The third-order valence-corrected chi connectivity index (χ3v) is 7.27. The number of anilines is 1. The van der Waals surface area contributed by atoms with Crippen molar-refractivity contribution in [3.05, 3.63) is 54.1 Å². The second-order valence-corrected chi connectivity index (χ2v) is 9.51. The summed E-state index contributed by atoms with van der Waals surface area (Å²) < 4.78 is 32.2. The summed E-state index contributed by atoms with van der Waals surface area (Å²) in [6.45, 7) is 0.223. The Labute approximate surface area is 192 Å². The van der Waals surface area contributed by atoms with Gasteiger partial charge in [-0.25, -0.2) is 8.42 Å². The molecule has 0 aliphatic carbocycles. The van der Waals surface area contributed by atoms with Gasteiger partial charge in [0.2, 0.25) is 21.8 Å². The van der Waals surface area contributed by atoms with Crippen molar-refractivity contribution < 1.29 is 27.5 Å². The number of nitrogens with one attached hydrogen (secondary N) is 2. The van der Waals surface area contributed by atoms with E-state index in [1.54, 1.807) is 24.3 Å². The molecule has 0 aromatic heterocycles. The van der Waals surface area contributed by atoms with Gasteiger partial charge in [0, 0.05) is 30.3 Å². The van der Waals surface area contributed by atoms with E-state index in [1.807, 2.05) is 0 Å². The van der Waals surface area contributed by atoms with Crippen LogP contribution in [0.4, 0.5) is 5.69 Å². The standard InChI is InChI=1S/C22H26N4O6S/c1-32-18-6-8-19(9-7-18)33(30,31)26-12-10-16(11-13-26)22(29)25-17-4-2-15(3-5-17)21(28)24-14-20(23)27/h2-9,16H,10-14H2,1H3,(H2,23,27)(H,24,28)(H,25,29). The summed E-state index contributed by atoms with van der Waals surface area (Å²) in [6.07, 6.45) is 0.795. The van der Waals surface area contributed by atoms with Gasteiger partial charge in [-0.15, -0.1) is 0 Å². The number of carbonyl (C=O) groups excluding carboxylic acids is 3. The predicted molar refractivity (Wildman–Crippen MR) is 121 cm³/mol. The van der Waals surface area contributed by atoms with Crippen LogP contribution in [-0.2, 0) is 19.6 Å². The predicted octanol–water partition coefficient (Wildman–Crippen LogP) is 0.950. The highest BCUT2D eigenvalue weighted by Crippen LogP contribution is 2.26. The van der Waals surface area contributed by atoms with Crippen LogP contribution in [0.3, 0.4) is 0 Å². The lowest BCUT2D eigenvalue weighted by Crippen LogP contribution is -2.41. The van der Waals surface area contributed by atoms with Gasteiger partial charge < -0.3 is 21.1 Å². The Kier molecular flexibility index (Phi) is 7.67. The number of benzene rings is 2. The van der Waals surface area contributed by atoms with E-state index in [0.29, 0.717) is 29.8 Å². The number of hydrogen-bond acceptors (Lipinski definition) is 6. The third-order valence-electron chi connectivity index (χ3n) is 5.36. The molecule has 2 aromatic carbocycles. The topological polar surface area (TPSA) is 148 Å². The molecule has 3 amide bonds. The Bertz CT molecular complexity index is 1110. The van der Waals surface area contributed by atoms with E-state index < -0.39 is 21.8 Å². The second kappa shape index (κ2) is 10.5. The average Bonchev–Trinajstić information content (AvgIpc) is 2.83. The molecule has 0 spiro atoms. The van der Waals surface area contributed by atoms with Crippen molar-refractivity contribution in [1.29, 1.82) is 0 Å². The molecule has 33 heavy (non-hydrogen) atoms. The molecule has 0 saturated carbocycles. The molecule has 10 nitrogen and oxygen atoms in total. The Morgan fingerprint density at radius 1 is 1.03 bits per heavy atom. The van der Waals surface area contributed by atoms with Crippen LogP contribution in [0.2, 0.25) is 0 Å². The van der Waals surface area contributed by atoms with Crippen molar-refractivity contribution in [2.45, 2.75) is 17.7 Å². The number of nitrogens with zero attached hydrogens (tertiary/aromatic N) is 1. The first-order chi connectivity index (χ1) is 15.7. The number of methoxy groups -OCH3 is 1. The first-order valence-electron chi connectivity index (χ1n) is 10.3. The highest BCUT2D eigenvalue weighted by molar-refractivity contribution is 7.89. The Hall–Kier alpha value is -3.44. The number of primary amides is 1. The zero-order valence-corrected chi connectivity index (χ0v) is 18.9. The summed E-state index contributed by atoms with van der Waals surface area (Å²) in [5, 5.41) is 5.18. The Balaban J connectivity index is 1.53. The fraction of sp³-hybridized carbons (Fsp3) is 0.318. The summed E-state index contributed by atoms with van der Waals surface area (Å²) in [6, 6.07) is 12.4. The number of nitrogens with two attached hydrogens (primary N) is 1. The number of sulfonamides is 1. The van der Waals surface area contributed by atoms with Gasteiger partial charge in [-0.05, 0) is 61.4 Å². The number of piperidine rings is 1. The summed E-state index contributed by atoms with van der Waals surface area (Å²) >= 11 is 0. The molecule has 11 heteroatoms. The molecule has 0 atom stereocenters. The smallest absolute Gasteiger partial charge is 0.251 e. The van der Waals surface area contributed by atoms with E-state index in [0.717, 1.165) is 0 Å². The minimum Gasteiger partial charge on any atom is -0.497 e. The van der Waals surface area contributed by atoms with E-state index in [9.17, 15) is 22.8 Å². The Morgan fingerprint density at radius 3 is 2.18 bits per heavy atom. The molecule has 2 aromatic rings. The maximum absolute atomic E-state index is 12.9. The van der Waals surface area contributed by atoms with Crippen molar-refractivity contribution in [1.82, 2.24) is 9.62 Å². The van der Waals surface area contributed by atoms with Crippen LogP contribution in [0.1, 0.15) is 23.2 Å². The van der Waals surface area contributed by atoms with Crippen LogP contribution in [-0.4, -0.2) is 57.2 Å². The molecule has 0 bridgehead atoms. The molecule has 1 aliphatic rings. The number of hydrogen-bond donors (Lipinski definition) is 3. The van der Waals surface area contributed by atoms with Gasteiger partial charge in [-0.3, -0.25) is 14.4 Å². The van der Waals surface area contributed by atoms with Crippen LogP contribution in [0.15, 0.2) is 53.4 Å². The molecule has 0 unspecified atom stereocenters. The first kappa shape index (κ1) is 24.2. The zero-order valence-electron chi connectivity index (χ0n) is 18.1. The van der Waals surface area contributed by atoms with Gasteiger partial charge in [0.25, 0.3) is 5.91 Å². The molecule has 3 rings (SSSR count). The van der Waals surface area contributed by atoms with Crippen LogP contribution < -0.4 is 21.1 Å². The largest absolute Gasteiger partial charge is 0.497 e. The van der Waals surface area contributed by atoms with Gasteiger partial charge >= 0.3 is 0 Å². The van der Waals surface area contributed by atoms with Crippen molar-refractivity contribution >= 4 is 33.4 Å². The lowest BCUT2D eigenvalue weighted by Gasteiger charge is -2.30. The minimum atomic E-state index is -3.64. The number of amides is 3. The van der Waals surface area contributed by atoms with Crippen molar-refractivity contribution in [3.8, 4) is 5.75 Å². The SMILES string of the molecule is COc1ccc(S(=O)(=O)N2CCC(C(=O)Nc3ccc(C(=O)NCC(N)=O)cc3)CC2)cc1. The normalized spacial score (nSPS) is 14.9. The van der Waals surface area contributed by atoms with Crippen molar-refractivity contribution in [3.63, 3.8) is 0 Å². The van der Waals surface area contributed by atoms with Crippen molar-refractivity contribution in [2.24, 2.45) is 11.7 Å². The van der Waals surface area contributed by atoms with Gasteiger partial charge in [-0.1, -0.05) is 0 Å². The first-order valence-corrected chi connectivity index (χ1v) is 11.8. The molecule has 4 N–H and O–H groups in total. The van der Waals surface area contributed by atoms with E-state index in [-0.39, 0.29) is 36.4 Å². The maximum atomic E-state index is 12.9. The fourth-order valence-corrected chi connectivity index (χ4v) is 4.94. The molecule has 0 radical (unpaired) electrons. The monoisotopic (exact) mass is 474 g/mol. The highest BCUT2D eigenvalue weighted by Gasteiger charge is 2.32. The molecule has 1 aliphatic heterocycles. The molecule has 1 fully saturated rings. The van der Waals surface area contributed by atoms with Gasteiger partial charge in [0.1, 0.15) is 5.75 Å². The van der Waals surface area contributed by atoms with E-state index in [2.05, 4.69) is 10.6 Å². The highest BCUT2D eigenvalue weighted by atomic mass is 32.2. The third kappa shape index (κ3) is 6.08. The summed E-state index contributed by atoms with van der Waals surface area (Å²) in [7, 11) is -2.13. The lowest BCUT2D eigenvalue weighted by atomic mass is 9.97. The summed E-state index contributed by atoms with van der Waals surface area (Å²) in [5.74, 6) is -1.05. The van der Waals surface area contributed by atoms with Gasteiger partial charge in [0.05, 0.1) is 18.6 Å².